The maximum absolute atomic E-state index is 13.3. The molecule has 0 saturated heterocycles. The molecule has 0 fully saturated rings. The van der Waals surface area contributed by atoms with Crippen LogP contribution in [-0.4, -0.2) is 9.13 Å². The van der Waals surface area contributed by atoms with Gasteiger partial charge in [0.05, 0.1) is 23.1 Å². The van der Waals surface area contributed by atoms with Crippen molar-refractivity contribution >= 4 is 34.1 Å². The van der Waals surface area contributed by atoms with Gasteiger partial charge in [-0.25, -0.2) is 9.36 Å². The molecule has 4 aromatic rings. The lowest BCUT2D eigenvalue weighted by molar-refractivity contribution is 0.714. The lowest BCUT2D eigenvalue weighted by Crippen LogP contribution is -2.39. The molecule has 1 heterocycles. The first-order valence-electron chi connectivity index (χ1n) is 8.29. The molecule has 0 unspecified atom stereocenters. The average molecular weight is 397 g/mol. The molecule has 4 rings (SSSR count). The third-order valence-corrected chi connectivity index (χ3v) is 4.82. The summed E-state index contributed by atoms with van der Waals surface area (Å²) in [5.41, 5.74) is 1.07. The Balaban J connectivity index is 2.03. The van der Waals surface area contributed by atoms with Gasteiger partial charge in [0.15, 0.2) is 0 Å². The van der Waals surface area contributed by atoms with Crippen molar-refractivity contribution in [1.82, 2.24) is 9.13 Å². The van der Waals surface area contributed by atoms with Gasteiger partial charge in [-0.15, -0.1) is 0 Å². The van der Waals surface area contributed by atoms with Crippen LogP contribution < -0.4 is 11.2 Å². The van der Waals surface area contributed by atoms with E-state index >= 15 is 0 Å². The molecule has 1 aromatic heterocycles. The molecule has 0 aliphatic carbocycles. The van der Waals surface area contributed by atoms with Crippen LogP contribution in [0, 0.1) is 0 Å². The fraction of sp³-hybridized carbons (Fsp3) is 0.0476. The molecule has 0 spiro atoms. The van der Waals surface area contributed by atoms with Crippen LogP contribution in [0.2, 0.25) is 10.0 Å². The highest BCUT2D eigenvalue weighted by atomic mass is 35.5. The zero-order chi connectivity index (χ0) is 19.0. The van der Waals surface area contributed by atoms with Gasteiger partial charge in [-0.3, -0.25) is 9.36 Å². The first-order chi connectivity index (χ1) is 13.0. The van der Waals surface area contributed by atoms with E-state index < -0.39 is 5.69 Å². The highest BCUT2D eigenvalue weighted by Gasteiger charge is 2.15. The van der Waals surface area contributed by atoms with E-state index in [0.29, 0.717) is 33.2 Å². The topological polar surface area (TPSA) is 44.0 Å². The molecule has 0 aliphatic rings. The summed E-state index contributed by atoms with van der Waals surface area (Å²) < 4.78 is 2.72. The summed E-state index contributed by atoms with van der Waals surface area (Å²) in [5, 5.41) is 1.50. The third-order valence-electron chi connectivity index (χ3n) is 4.35. The van der Waals surface area contributed by atoms with E-state index in [0.717, 1.165) is 10.1 Å². The van der Waals surface area contributed by atoms with Crippen molar-refractivity contribution in [2.24, 2.45) is 0 Å². The minimum atomic E-state index is -0.430. The van der Waals surface area contributed by atoms with E-state index in [2.05, 4.69) is 0 Å². The highest BCUT2D eigenvalue weighted by Crippen LogP contribution is 2.16. The summed E-state index contributed by atoms with van der Waals surface area (Å²) in [7, 11) is 0. The van der Waals surface area contributed by atoms with Crippen molar-refractivity contribution in [2.45, 2.75) is 6.54 Å². The summed E-state index contributed by atoms with van der Waals surface area (Å²) in [5.74, 6) is 0. The van der Waals surface area contributed by atoms with Gasteiger partial charge in [0.25, 0.3) is 5.56 Å². The number of nitrogens with zero attached hydrogens (tertiary/aromatic N) is 2. The Morgan fingerprint density at radius 3 is 2.22 bits per heavy atom. The van der Waals surface area contributed by atoms with Gasteiger partial charge < -0.3 is 0 Å². The van der Waals surface area contributed by atoms with Crippen molar-refractivity contribution in [2.75, 3.05) is 0 Å². The number of rotatable bonds is 3. The first-order valence-corrected chi connectivity index (χ1v) is 9.05. The monoisotopic (exact) mass is 396 g/mol. The zero-order valence-corrected chi connectivity index (χ0v) is 15.6. The van der Waals surface area contributed by atoms with Crippen molar-refractivity contribution < 1.29 is 0 Å². The normalized spacial score (nSPS) is 11.0. The molecule has 0 atom stereocenters. The molecular formula is C21H14Cl2N2O2. The highest BCUT2D eigenvalue weighted by molar-refractivity contribution is 6.31. The fourth-order valence-corrected chi connectivity index (χ4v) is 3.53. The quantitative estimate of drug-likeness (QED) is 0.511. The Morgan fingerprint density at radius 1 is 0.778 bits per heavy atom. The first kappa shape index (κ1) is 17.6. The maximum atomic E-state index is 13.3. The Bertz CT molecular complexity index is 1280. The number of para-hydroxylation sites is 1. The maximum Gasteiger partial charge on any atom is 0.336 e. The molecule has 3 aromatic carbocycles. The minimum Gasteiger partial charge on any atom is -0.288 e. The van der Waals surface area contributed by atoms with Crippen molar-refractivity contribution in [3.05, 3.63) is 109 Å². The fourth-order valence-electron chi connectivity index (χ4n) is 3.13. The lowest BCUT2D eigenvalue weighted by atomic mass is 10.2. The number of benzene rings is 3. The zero-order valence-electron chi connectivity index (χ0n) is 14.1. The molecule has 0 bridgehead atoms. The average Bonchev–Trinajstić information content (AvgIpc) is 2.65. The largest absolute Gasteiger partial charge is 0.336 e. The van der Waals surface area contributed by atoms with E-state index in [1.807, 2.05) is 12.1 Å². The van der Waals surface area contributed by atoms with E-state index in [9.17, 15) is 9.59 Å². The summed E-state index contributed by atoms with van der Waals surface area (Å²) in [4.78, 5) is 26.3. The van der Waals surface area contributed by atoms with Crippen LogP contribution in [0.1, 0.15) is 5.56 Å². The van der Waals surface area contributed by atoms with Gasteiger partial charge in [0.1, 0.15) is 0 Å². The van der Waals surface area contributed by atoms with Gasteiger partial charge in [0, 0.05) is 10.0 Å². The number of aromatic nitrogens is 2. The SMILES string of the molecule is O=c1c2ccccc2n(Cc2cccc(Cl)c2)c(=O)n1-c1cccc(Cl)c1. The molecule has 134 valence electrons. The molecule has 0 N–H and O–H groups in total. The van der Waals surface area contributed by atoms with Crippen LogP contribution in [0.25, 0.3) is 16.6 Å². The smallest absolute Gasteiger partial charge is 0.288 e. The standard InChI is InChI=1S/C21H14Cl2N2O2/c22-15-6-3-5-14(11-15)13-24-19-10-2-1-9-18(19)20(26)25(21(24)27)17-8-4-7-16(23)12-17/h1-12H,13H2. The summed E-state index contributed by atoms with van der Waals surface area (Å²) in [6, 6.07) is 21.1. The third kappa shape index (κ3) is 3.29. The number of hydrogen-bond acceptors (Lipinski definition) is 2. The van der Waals surface area contributed by atoms with Crippen LogP contribution in [0.5, 0.6) is 0 Å². The van der Waals surface area contributed by atoms with Crippen molar-refractivity contribution in [3.63, 3.8) is 0 Å². The van der Waals surface area contributed by atoms with Crippen molar-refractivity contribution in [1.29, 1.82) is 0 Å². The molecular weight excluding hydrogens is 383 g/mol. The van der Waals surface area contributed by atoms with Gasteiger partial charge in [-0.05, 0) is 48.0 Å². The summed E-state index contributed by atoms with van der Waals surface area (Å²) >= 11 is 12.1. The van der Waals surface area contributed by atoms with Gasteiger partial charge in [-0.2, -0.15) is 0 Å². The van der Waals surface area contributed by atoms with E-state index in [-0.39, 0.29) is 5.56 Å². The molecule has 4 nitrogen and oxygen atoms in total. The second kappa shape index (κ2) is 7.06. The Hall–Kier alpha value is -2.82. The van der Waals surface area contributed by atoms with Crippen molar-refractivity contribution in [3.8, 4) is 5.69 Å². The molecule has 27 heavy (non-hydrogen) atoms. The Labute approximate surface area is 164 Å². The number of hydrogen-bond donors (Lipinski definition) is 0. The molecule has 6 heteroatoms. The van der Waals surface area contributed by atoms with E-state index in [1.54, 1.807) is 65.2 Å². The predicted molar refractivity (Wildman–Crippen MR) is 109 cm³/mol. The van der Waals surface area contributed by atoms with Crippen LogP contribution in [0.15, 0.2) is 82.4 Å². The minimum absolute atomic E-state index is 0.292. The van der Waals surface area contributed by atoms with E-state index in [1.165, 1.54) is 0 Å². The van der Waals surface area contributed by atoms with E-state index in [4.69, 9.17) is 23.2 Å². The predicted octanol–water partition coefficient (Wildman–Crippen LogP) is 4.51. The summed E-state index contributed by atoms with van der Waals surface area (Å²) in [6.07, 6.45) is 0. The van der Waals surface area contributed by atoms with Gasteiger partial charge >= 0.3 is 5.69 Å². The lowest BCUT2D eigenvalue weighted by Gasteiger charge is -2.14. The number of halogens is 2. The Morgan fingerprint density at radius 2 is 1.48 bits per heavy atom. The second-order valence-electron chi connectivity index (χ2n) is 6.14. The molecule has 0 amide bonds. The van der Waals surface area contributed by atoms with Crippen LogP contribution in [-0.2, 0) is 6.54 Å². The second-order valence-corrected chi connectivity index (χ2v) is 7.01. The van der Waals surface area contributed by atoms with Crippen LogP contribution in [0.3, 0.4) is 0 Å². The van der Waals surface area contributed by atoms with Crippen LogP contribution >= 0.6 is 23.2 Å². The Kier molecular flexibility index (Phi) is 4.60. The van der Waals surface area contributed by atoms with Gasteiger partial charge in [0.2, 0.25) is 0 Å². The molecule has 0 saturated carbocycles. The summed E-state index contributed by atoms with van der Waals surface area (Å²) in [6.45, 7) is 0.292. The number of fused-ring (bicyclic) bond motifs is 1. The van der Waals surface area contributed by atoms with Gasteiger partial charge in [-0.1, -0.05) is 53.5 Å². The van der Waals surface area contributed by atoms with Crippen LogP contribution in [0.4, 0.5) is 0 Å². The molecule has 0 radical (unpaired) electrons. The molecule has 0 aliphatic heterocycles.